The van der Waals surface area contributed by atoms with Crippen LogP contribution in [-0.2, 0) is 6.42 Å². The monoisotopic (exact) mass is 301 g/mol. The van der Waals surface area contributed by atoms with E-state index in [1.165, 1.54) is 12.1 Å². The van der Waals surface area contributed by atoms with E-state index in [4.69, 9.17) is 27.6 Å². The van der Waals surface area contributed by atoms with Crippen LogP contribution in [0.4, 0.5) is 4.39 Å². The van der Waals surface area contributed by atoms with E-state index in [9.17, 15) is 4.39 Å². The molecule has 0 aliphatic rings. The van der Waals surface area contributed by atoms with Crippen LogP contribution in [0.3, 0.4) is 0 Å². The minimum absolute atomic E-state index is 0.0863. The Labute approximate surface area is 121 Å². The summed E-state index contributed by atoms with van der Waals surface area (Å²) in [5.74, 6) is 0.416. The summed E-state index contributed by atoms with van der Waals surface area (Å²) in [6.45, 7) is 2.75. The Morgan fingerprint density at radius 3 is 2.68 bits per heavy atom. The van der Waals surface area contributed by atoms with Crippen molar-refractivity contribution in [2.75, 3.05) is 6.54 Å². The maximum Gasteiger partial charge on any atom is 0.193 e. The summed E-state index contributed by atoms with van der Waals surface area (Å²) in [4.78, 5) is 0. The van der Waals surface area contributed by atoms with Gasteiger partial charge in [0.05, 0.1) is 6.04 Å². The summed E-state index contributed by atoms with van der Waals surface area (Å²) in [5.41, 5.74) is 0.736. The minimum atomic E-state index is -0.299. The minimum Gasteiger partial charge on any atom is -0.448 e. The molecule has 1 aromatic heterocycles. The Kier molecular flexibility index (Phi) is 4.86. The highest BCUT2D eigenvalue weighted by Gasteiger charge is 2.17. The van der Waals surface area contributed by atoms with E-state index < -0.39 is 0 Å². The van der Waals surface area contributed by atoms with Gasteiger partial charge in [-0.15, -0.1) is 0 Å². The van der Waals surface area contributed by atoms with E-state index >= 15 is 0 Å². The fraction of sp³-hybridized carbons (Fsp3) is 0.286. The Morgan fingerprint density at radius 2 is 2.05 bits per heavy atom. The lowest BCUT2D eigenvalue weighted by Crippen LogP contribution is -2.22. The van der Waals surface area contributed by atoms with Crippen LogP contribution in [0.25, 0.3) is 0 Å². The molecule has 5 heteroatoms. The van der Waals surface area contributed by atoms with E-state index in [1.807, 2.05) is 13.0 Å². The molecular weight excluding hydrogens is 288 g/mol. The van der Waals surface area contributed by atoms with Gasteiger partial charge in [0.2, 0.25) is 0 Å². The molecule has 0 spiro atoms. The van der Waals surface area contributed by atoms with Crippen molar-refractivity contribution in [3.05, 3.63) is 57.7 Å². The molecule has 1 unspecified atom stereocenters. The molecule has 0 saturated carbocycles. The van der Waals surface area contributed by atoms with Gasteiger partial charge in [0.25, 0.3) is 0 Å². The van der Waals surface area contributed by atoms with Crippen LogP contribution < -0.4 is 5.32 Å². The zero-order valence-corrected chi connectivity index (χ0v) is 11.9. The SMILES string of the molecule is CCNC(Cc1cc(F)ccc1Cl)c1ccc(Cl)o1. The van der Waals surface area contributed by atoms with Crippen LogP contribution in [0.5, 0.6) is 0 Å². The summed E-state index contributed by atoms with van der Waals surface area (Å²) in [5, 5.41) is 4.15. The van der Waals surface area contributed by atoms with E-state index in [-0.39, 0.29) is 11.9 Å². The Hall–Kier alpha value is -1.03. The van der Waals surface area contributed by atoms with Crippen LogP contribution in [0.15, 0.2) is 34.7 Å². The summed E-state index contributed by atoms with van der Waals surface area (Å²) in [7, 11) is 0. The summed E-state index contributed by atoms with van der Waals surface area (Å²) in [6, 6.07) is 7.76. The van der Waals surface area contributed by atoms with Gasteiger partial charge in [-0.25, -0.2) is 4.39 Å². The number of hydrogen-bond acceptors (Lipinski definition) is 2. The van der Waals surface area contributed by atoms with E-state index in [0.717, 1.165) is 12.1 Å². The molecule has 1 N–H and O–H groups in total. The zero-order chi connectivity index (χ0) is 13.8. The highest BCUT2D eigenvalue weighted by molar-refractivity contribution is 6.31. The van der Waals surface area contributed by atoms with Crippen molar-refractivity contribution < 1.29 is 8.81 Å². The molecule has 0 aliphatic carbocycles. The Bertz CT molecular complexity index is 556. The smallest absolute Gasteiger partial charge is 0.193 e. The molecule has 0 amide bonds. The number of benzene rings is 1. The molecule has 2 nitrogen and oxygen atoms in total. The van der Waals surface area contributed by atoms with Crippen molar-refractivity contribution in [1.82, 2.24) is 5.32 Å². The molecule has 0 bridgehead atoms. The maximum atomic E-state index is 13.3. The first-order valence-electron chi connectivity index (χ1n) is 6.02. The van der Waals surface area contributed by atoms with Crippen LogP contribution in [0.1, 0.15) is 24.3 Å². The lowest BCUT2D eigenvalue weighted by Gasteiger charge is -2.16. The molecule has 0 aliphatic heterocycles. The fourth-order valence-corrected chi connectivity index (χ4v) is 2.30. The van der Waals surface area contributed by atoms with Crippen molar-refractivity contribution in [1.29, 1.82) is 0 Å². The van der Waals surface area contributed by atoms with Gasteiger partial charge in [-0.3, -0.25) is 0 Å². The first-order chi connectivity index (χ1) is 9.10. The third-order valence-electron chi connectivity index (χ3n) is 2.82. The number of hydrogen-bond donors (Lipinski definition) is 1. The van der Waals surface area contributed by atoms with E-state index in [2.05, 4.69) is 5.32 Å². The third kappa shape index (κ3) is 3.72. The Morgan fingerprint density at radius 1 is 1.26 bits per heavy atom. The van der Waals surface area contributed by atoms with Crippen molar-refractivity contribution in [3.63, 3.8) is 0 Å². The highest BCUT2D eigenvalue weighted by atomic mass is 35.5. The van der Waals surface area contributed by atoms with E-state index in [1.54, 1.807) is 12.1 Å². The second kappa shape index (κ2) is 6.42. The van der Waals surface area contributed by atoms with Crippen LogP contribution >= 0.6 is 23.2 Å². The number of rotatable bonds is 5. The van der Waals surface area contributed by atoms with Crippen LogP contribution in [0.2, 0.25) is 10.2 Å². The molecule has 2 aromatic rings. The predicted octanol–water partition coefficient (Wildman–Crippen LogP) is 4.62. The van der Waals surface area contributed by atoms with Gasteiger partial charge in [-0.2, -0.15) is 0 Å². The first-order valence-corrected chi connectivity index (χ1v) is 6.78. The maximum absolute atomic E-state index is 13.3. The summed E-state index contributed by atoms with van der Waals surface area (Å²) in [6.07, 6.45) is 0.536. The van der Waals surface area contributed by atoms with Gasteiger partial charge in [-0.05, 0) is 60.5 Å². The first kappa shape index (κ1) is 14.4. The molecule has 0 saturated heterocycles. The molecular formula is C14H14Cl2FNO. The lowest BCUT2D eigenvalue weighted by molar-refractivity contribution is 0.417. The second-order valence-corrected chi connectivity index (χ2v) is 4.97. The molecule has 0 fully saturated rings. The predicted molar refractivity (Wildman–Crippen MR) is 75.2 cm³/mol. The standard InChI is InChI=1S/C14H14Cl2FNO/c1-2-18-12(13-5-6-14(16)19-13)8-9-7-10(17)3-4-11(9)15/h3-7,12,18H,2,8H2,1H3. The van der Waals surface area contributed by atoms with Gasteiger partial charge in [0, 0.05) is 5.02 Å². The van der Waals surface area contributed by atoms with Crippen molar-refractivity contribution in [3.8, 4) is 0 Å². The lowest BCUT2D eigenvalue weighted by atomic mass is 10.0. The van der Waals surface area contributed by atoms with E-state index in [0.29, 0.717) is 22.4 Å². The molecule has 102 valence electrons. The average Bonchev–Trinajstić information content (AvgIpc) is 2.80. The molecule has 0 radical (unpaired) electrons. The number of likely N-dealkylation sites (N-methyl/N-ethyl adjacent to an activating group) is 1. The topological polar surface area (TPSA) is 25.2 Å². The van der Waals surface area contributed by atoms with Gasteiger partial charge in [-0.1, -0.05) is 18.5 Å². The van der Waals surface area contributed by atoms with Gasteiger partial charge in [0.15, 0.2) is 5.22 Å². The average molecular weight is 302 g/mol. The van der Waals surface area contributed by atoms with Gasteiger partial charge in [0.1, 0.15) is 11.6 Å². The molecule has 19 heavy (non-hydrogen) atoms. The van der Waals surface area contributed by atoms with Crippen LogP contribution in [0, 0.1) is 5.82 Å². The normalized spacial score (nSPS) is 12.6. The van der Waals surface area contributed by atoms with Gasteiger partial charge >= 0.3 is 0 Å². The molecule has 1 atom stereocenters. The summed E-state index contributed by atoms with van der Waals surface area (Å²) >= 11 is 11.9. The quantitative estimate of drug-likeness (QED) is 0.872. The van der Waals surface area contributed by atoms with Crippen molar-refractivity contribution >= 4 is 23.2 Å². The Balaban J connectivity index is 2.23. The zero-order valence-electron chi connectivity index (χ0n) is 10.4. The third-order valence-corrected chi connectivity index (χ3v) is 3.39. The fourth-order valence-electron chi connectivity index (χ4n) is 1.95. The van der Waals surface area contributed by atoms with Crippen molar-refractivity contribution in [2.24, 2.45) is 0 Å². The highest BCUT2D eigenvalue weighted by Crippen LogP contribution is 2.26. The molecule has 2 rings (SSSR count). The number of nitrogens with one attached hydrogen (secondary N) is 1. The largest absolute Gasteiger partial charge is 0.448 e. The molecule has 1 heterocycles. The second-order valence-electron chi connectivity index (χ2n) is 4.19. The summed E-state index contributed by atoms with van der Waals surface area (Å²) < 4.78 is 18.7. The van der Waals surface area contributed by atoms with Crippen LogP contribution in [-0.4, -0.2) is 6.54 Å². The molecule has 1 aromatic carbocycles. The van der Waals surface area contributed by atoms with Gasteiger partial charge < -0.3 is 9.73 Å². The van der Waals surface area contributed by atoms with Crippen molar-refractivity contribution in [2.45, 2.75) is 19.4 Å². The number of furan rings is 1. The number of halogens is 3.